The SMILES string of the molecule is COc1c(Cl)cc(Cl)cc1/C(O)=C1\C(=O)C(=O)N(c2ccc(F)cc2)C1c1ccccc1F. The quantitative estimate of drug-likeness (QED) is 0.281. The Labute approximate surface area is 197 Å². The number of nitrogens with zero attached hydrogens (tertiary/aromatic N) is 1. The van der Waals surface area contributed by atoms with Crippen LogP contribution in [0.5, 0.6) is 5.75 Å². The van der Waals surface area contributed by atoms with E-state index in [0.29, 0.717) is 0 Å². The Bertz CT molecular complexity index is 1310. The third kappa shape index (κ3) is 3.94. The number of hydrogen-bond acceptors (Lipinski definition) is 4. The predicted octanol–water partition coefficient (Wildman–Crippen LogP) is 5.91. The highest BCUT2D eigenvalue weighted by Gasteiger charge is 2.48. The molecule has 0 radical (unpaired) electrons. The number of Topliss-reactive ketones (excluding diaryl/α,β-unsaturated/α-hetero) is 1. The van der Waals surface area contributed by atoms with Crippen LogP contribution in [0.3, 0.4) is 0 Å². The van der Waals surface area contributed by atoms with Gasteiger partial charge >= 0.3 is 0 Å². The van der Waals surface area contributed by atoms with Crippen LogP contribution < -0.4 is 9.64 Å². The van der Waals surface area contributed by atoms with Crippen LogP contribution >= 0.6 is 23.2 Å². The zero-order chi connectivity index (χ0) is 23.9. The fraction of sp³-hybridized carbons (Fsp3) is 0.0833. The lowest BCUT2D eigenvalue weighted by molar-refractivity contribution is -0.132. The topological polar surface area (TPSA) is 66.8 Å². The van der Waals surface area contributed by atoms with Crippen LogP contribution in [0.25, 0.3) is 5.76 Å². The van der Waals surface area contributed by atoms with Crippen molar-refractivity contribution in [3.05, 3.63) is 99.0 Å². The first-order chi connectivity index (χ1) is 15.7. The molecule has 1 amide bonds. The number of carbonyl (C=O) groups excluding carboxylic acids is 2. The van der Waals surface area contributed by atoms with Gasteiger partial charge in [-0.1, -0.05) is 41.4 Å². The Morgan fingerprint density at radius 3 is 2.33 bits per heavy atom. The number of methoxy groups -OCH3 is 1. The molecule has 4 rings (SSSR count). The van der Waals surface area contributed by atoms with Crippen molar-refractivity contribution >= 4 is 46.3 Å². The molecule has 3 aromatic rings. The Hall–Kier alpha value is -3.42. The van der Waals surface area contributed by atoms with E-state index < -0.39 is 40.7 Å². The van der Waals surface area contributed by atoms with Gasteiger partial charge in [-0.3, -0.25) is 14.5 Å². The summed E-state index contributed by atoms with van der Waals surface area (Å²) in [5, 5.41) is 11.4. The lowest BCUT2D eigenvalue weighted by atomic mass is 9.94. The zero-order valence-electron chi connectivity index (χ0n) is 17.0. The van der Waals surface area contributed by atoms with Crippen molar-refractivity contribution in [2.75, 3.05) is 12.0 Å². The van der Waals surface area contributed by atoms with Crippen LogP contribution in [0.15, 0.2) is 66.2 Å². The minimum Gasteiger partial charge on any atom is -0.507 e. The predicted molar refractivity (Wildman–Crippen MR) is 121 cm³/mol. The molecule has 1 heterocycles. The molecule has 0 aliphatic carbocycles. The molecule has 1 fully saturated rings. The number of halogens is 4. The van der Waals surface area contributed by atoms with Gasteiger partial charge in [0.25, 0.3) is 11.7 Å². The van der Waals surface area contributed by atoms with E-state index in [1.54, 1.807) is 0 Å². The van der Waals surface area contributed by atoms with E-state index in [4.69, 9.17) is 27.9 Å². The molecule has 3 aromatic carbocycles. The van der Waals surface area contributed by atoms with Crippen LogP contribution in [-0.4, -0.2) is 23.9 Å². The molecular formula is C24H15Cl2F2NO4. The van der Waals surface area contributed by atoms with Crippen molar-refractivity contribution in [1.29, 1.82) is 0 Å². The maximum atomic E-state index is 14.9. The molecule has 0 aromatic heterocycles. The summed E-state index contributed by atoms with van der Waals surface area (Å²) in [4.78, 5) is 27.2. The van der Waals surface area contributed by atoms with Gasteiger partial charge in [-0.05, 0) is 42.5 Å². The summed E-state index contributed by atoms with van der Waals surface area (Å²) >= 11 is 12.2. The maximum absolute atomic E-state index is 14.9. The van der Waals surface area contributed by atoms with Gasteiger partial charge in [-0.15, -0.1) is 0 Å². The summed E-state index contributed by atoms with van der Waals surface area (Å²) in [6.45, 7) is 0. The number of benzene rings is 3. The second-order valence-corrected chi connectivity index (χ2v) is 7.98. The third-order valence-corrected chi connectivity index (χ3v) is 5.72. The summed E-state index contributed by atoms with van der Waals surface area (Å²) < 4.78 is 33.6. The maximum Gasteiger partial charge on any atom is 0.300 e. The monoisotopic (exact) mass is 489 g/mol. The van der Waals surface area contributed by atoms with Gasteiger partial charge in [-0.25, -0.2) is 8.78 Å². The Kier molecular flexibility index (Phi) is 6.10. The Morgan fingerprint density at radius 2 is 1.70 bits per heavy atom. The van der Waals surface area contributed by atoms with Crippen LogP contribution in [0.1, 0.15) is 17.2 Å². The van der Waals surface area contributed by atoms with E-state index in [-0.39, 0.29) is 32.6 Å². The molecule has 1 aliphatic heterocycles. The van der Waals surface area contributed by atoms with Crippen molar-refractivity contribution in [2.45, 2.75) is 6.04 Å². The number of aliphatic hydroxyl groups is 1. The van der Waals surface area contributed by atoms with E-state index in [1.165, 1.54) is 49.6 Å². The Morgan fingerprint density at radius 1 is 1.03 bits per heavy atom. The van der Waals surface area contributed by atoms with Crippen molar-refractivity contribution in [1.82, 2.24) is 0 Å². The van der Waals surface area contributed by atoms with Crippen LogP contribution in [0, 0.1) is 11.6 Å². The molecule has 168 valence electrons. The van der Waals surface area contributed by atoms with Crippen LogP contribution in [-0.2, 0) is 9.59 Å². The molecule has 1 unspecified atom stereocenters. The number of hydrogen-bond donors (Lipinski definition) is 1. The Balaban J connectivity index is 2.03. The molecule has 1 aliphatic rings. The van der Waals surface area contributed by atoms with Crippen molar-refractivity contribution in [2.24, 2.45) is 0 Å². The van der Waals surface area contributed by atoms with Crippen LogP contribution in [0.2, 0.25) is 10.0 Å². The van der Waals surface area contributed by atoms with Gasteiger partial charge in [0.05, 0.1) is 29.3 Å². The minimum atomic E-state index is -1.35. The van der Waals surface area contributed by atoms with Gasteiger partial charge in [-0.2, -0.15) is 0 Å². The first-order valence-electron chi connectivity index (χ1n) is 9.59. The standard InChI is InChI=1S/C24H15Cl2F2NO4/c1-33-23-16(10-12(25)11-17(23)26)21(30)19-20(15-4-2-3-5-18(15)28)29(24(32)22(19)31)14-8-6-13(27)7-9-14/h2-11,20,30H,1H3/b21-19+. The van der Waals surface area contributed by atoms with Crippen molar-refractivity contribution in [3.8, 4) is 5.75 Å². The van der Waals surface area contributed by atoms with Gasteiger partial charge in [0.1, 0.15) is 23.1 Å². The number of rotatable bonds is 4. The molecule has 0 saturated carbocycles. The van der Waals surface area contributed by atoms with E-state index in [1.807, 2.05) is 0 Å². The lowest BCUT2D eigenvalue weighted by Crippen LogP contribution is -2.29. The average Bonchev–Trinajstić information content (AvgIpc) is 3.04. The summed E-state index contributed by atoms with van der Waals surface area (Å²) in [5.74, 6) is -3.99. The molecule has 0 bridgehead atoms. The summed E-state index contributed by atoms with van der Waals surface area (Å²) in [6, 6.07) is 11.6. The van der Waals surface area contributed by atoms with Crippen molar-refractivity contribution in [3.63, 3.8) is 0 Å². The first-order valence-corrected chi connectivity index (χ1v) is 10.3. The normalized spacial score (nSPS) is 17.5. The minimum absolute atomic E-state index is 0.0128. The number of aliphatic hydroxyl groups excluding tert-OH is 1. The number of amides is 1. The van der Waals surface area contributed by atoms with Gasteiger partial charge in [0.2, 0.25) is 0 Å². The molecular weight excluding hydrogens is 475 g/mol. The highest BCUT2D eigenvalue weighted by atomic mass is 35.5. The van der Waals surface area contributed by atoms with E-state index in [9.17, 15) is 23.5 Å². The second kappa shape index (κ2) is 8.84. The smallest absolute Gasteiger partial charge is 0.300 e. The summed E-state index contributed by atoms with van der Waals surface area (Å²) in [5.41, 5.74) is -0.351. The number of ether oxygens (including phenoxy) is 1. The number of carbonyl (C=O) groups is 2. The molecule has 1 N–H and O–H groups in total. The molecule has 1 atom stereocenters. The van der Waals surface area contributed by atoms with Gasteiger partial charge < -0.3 is 9.84 Å². The van der Waals surface area contributed by atoms with E-state index in [0.717, 1.165) is 23.1 Å². The molecule has 5 nitrogen and oxygen atoms in total. The molecule has 0 spiro atoms. The third-order valence-electron chi connectivity index (χ3n) is 5.22. The largest absolute Gasteiger partial charge is 0.507 e. The van der Waals surface area contributed by atoms with Crippen molar-refractivity contribution < 1.29 is 28.2 Å². The van der Waals surface area contributed by atoms with Crippen LogP contribution in [0.4, 0.5) is 14.5 Å². The fourth-order valence-electron chi connectivity index (χ4n) is 3.78. The number of ketones is 1. The van der Waals surface area contributed by atoms with E-state index >= 15 is 0 Å². The summed E-state index contributed by atoms with van der Waals surface area (Å²) in [6.07, 6.45) is 0. The first kappa shape index (κ1) is 22.8. The molecule has 1 saturated heterocycles. The highest BCUT2D eigenvalue weighted by molar-refractivity contribution is 6.51. The second-order valence-electron chi connectivity index (χ2n) is 7.14. The number of anilines is 1. The summed E-state index contributed by atoms with van der Waals surface area (Å²) in [7, 11) is 1.30. The van der Waals surface area contributed by atoms with Gasteiger partial charge in [0, 0.05) is 16.3 Å². The molecule has 9 heteroatoms. The zero-order valence-corrected chi connectivity index (χ0v) is 18.5. The molecule has 33 heavy (non-hydrogen) atoms. The van der Waals surface area contributed by atoms with E-state index in [2.05, 4.69) is 0 Å². The lowest BCUT2D eigenvalue weighted by Gasteiger charge is -2.26. The highest BCUT2D eigenvalue weighted by Crippen LogP contribution is 2.45. The van der Waals surface area contributed by atoms with Gasteiger partial charge in [0.15, 0.2) is 0 Å². The average molecular weight is 490 g/mol. The fourth-order valence-corrected chi connectivity index (χ4v) is 4.35.